The van der Waals surface area contributed by atoms with E-state index in [9.17, 15) is 14.7 Å². The molecule has 0 aromatic heterocycles. The minimum atomic E-state index is -1.09. The summed E-state index contributed by atoms with van der Waals surface area (Å²) in [5, 5.41) is 12.7. The van der Waals surface area contributed by atoms with Gasteiger partial charge in [0.05, 0.1) is 18.1 Å². The summed E-state index contributed by atoms with van der Waals surface area (Å²) in [5.74, 6) is -1.12. The summed E-state index contributed by atoms with van der Waals surface area (Å²) in [6, 6.07) is 9.13. The van der Waals surface area contributed by atoms with Crippen molar-refractivity contribution in [2.24, 2.45) is 5.92 Å². The Morgan fingerprint density at radius 1 is 1.30 bits per heavy atom. The Labute approximate surface area is 136 Å². The Kier molecular flexibility index (Phi) is 4.39. The first kappa shape index (κ1) is 16.0. The number of hydrogen-bond acceptors (Lipinski definition) is 3. The minimum absolute atomic E-state index is 0.0116. The molecule has 2 aliphatic rings. The van der Waals surface area contributed by atoms with E-state index in [1.807, 2.05) is 37.3 Å². The molecule has 2 bridgehead atoms. The van der Waals surface area contributed by atoms with Gasteiger partial charge in [-0.05, 0) is 31.2 Å². The zero-order valence-electron chi connectivity index (χ0n) is 13.3. The molecular weight excluding hydrogens is 294 g/mol. The van der Waals surface area contributed by atoms with Gasteiger partial charge in [0.25, 0.3) is 0 Å². The van der Waals surface area contributed by atoms with E-state index in [-0.39, 0.29) is 30.6 Å². The molecule has 1 aromatic carbocycles. The molecule has 5 heteroatoms. The van der Waals surface area contributed by atoms with Crippen molar-refractivity contribution in [3.05, 3.63) is 35.9 Å². The van der Waals surface area contributed by atoms with E-state index in [4.69, 9.17) is 4.74 Å². The van der Waals surface area contributed by atoms with E-state index in [1.54, 1.807) is 0 Å². The Bertz CT molecular complexity index is 588. The first-order valence-electron chi connectivity index (χ1n) is 8.29. The van der Waals surface area contributed by atoms with E-state index >= 15 is 0 Å². The first-order chi connectivity index (χ1) is 11.1. The molecule has 1 aromatic rings. The predicted octanol–water partition coefficient (Wildman–Crippen LogP) is 2.10. The van der Waals surface area contributed by atoms with Crippen LogP contribution in [0.1, 0.15) is 38.2 Å². The van der Waals surface area contributed by atoms with Crippen LogP contribution < -0.4 is 5.32 Å². The Morgan fingerprint density at radius 3 is 2.57 bits per heavy atom. The second-order valence-electron chi connectivity index (χ2n) is 6.54. The maximum absolute atomic E-state index is 12.5. The highest BCUT2D eigenvalue weighted by Gasteiger charge is 2.45. The second-order valence-corrected chi connectivity index (χ2v) is 6.54. The van der Waals surface area contributed by atoms with Crippen molar-refractivity contribution >= 4 is 11.9 Å². The van der Waals surface area contributed by atoms with Crippen LogP contribution in [0.5, 0.6) is 0 Å². The van der Waals surface area contributed by atoms with Gasteiger partial charge in [0.15, 0.2) is 0 Å². The fourth-order valence-corrected chi connectivity index (χ4v) is 3.82. The molecule has 2 heterocycles. The predicted molar refractivity (Wildman–Crippen MR) is 85.1 cm³/mol. The van der Waals surface area contributed by atoms with Gasteiger partial charge in [-0.3, -0.25) is 9.59 Å². The lowest BCUT2D eigenvalue weighted by Crippen LogP contribution is -2.48. The van der Waals surface area contributed by atoms with Gasteiger partial charge in [-0.1, -0.05) is 37.3 Å². The molecule has 2 fully saturated rings. The van der Waals surface area contributed by atoms with Gasteiger partial charge in [0.1, 0.15) is 5.41 Å². The van der Waals surface area contributed by atoms with E-state index in [2.05, 4.69) is 5.32 Å². The van der Waals surface area contributed by atoms with Gasteiger partial charge in [-0.2, -0.15) is 0 Å². The molecule has 5 nitrogen and oxygen atoms in total. The highest BCUT2D eigenvalue weighted by Crippen LogP contribution is 2.39. The third-order valence-corrected chi connectivity index (χ3v) is 5.35. The Morgan fingerprint density at radius 2 is 2.04 bits per heavy atom. The lowest BCUT2D eigenvalue weighted by Gasteiger charge is -2.30. The van der Waals surface area contributed by atoms with Crippen molar-refractivity contribution < 1.29 is 19.4 Å². The van der Waals surface area contributed by atoms with Crippen LogP contribution in [0.3, 0.4) is 0 Å². The van der Waals surface area contributed by atoms with Crippen LogP contribution in [0.15, 0.2) is 30.3 Å². The third kappa shape index (κ3) is 2.85. The summed E-state index contributed by atoms with van der Waals surface area (Å²) in [5.41, 5.74) is -0.366. The summed E-state index contributed by atoms with van der Waals surface area (Å²) in [6.45, 7) is 1.95. The van der Waals surface area contributed by atoms with Crippen LogP contribution >= 0.6 is 0 Å². The highest BCUT2D eigenvalue weighted by molar-refractivity contribution is 5.84. The van der Waals surface area contributed by atoms with Crippen molar-refractivity contribution in [2.45, 2.75) is 50.2 Å². The number of benzene rings is 1. The number of carboxylic acid groups (broad SMARTS) is 1. The normalized spacial score (nSPS) is 28.3. The lowest BCUT2D eigenvalue weighted by molar-refractivity contribution is -0.144. The Balaban J connectivity index is 1.72. The second kappa shape index (κ2) is 6.32. The van der Waals surface area contributed by atoms with Crippen LogP contribution in [0.25, 0.3) is 0 Å². The maximum atomic E-state index is 12.5. The van der Waals surface area contributed by atoms with Crippen molar-refractivity contribution in [3.63, 3.8) is 0 Å². The number of nitrogens with one attached hydrogen (secondary N) is 1. The number of carbonyl (C=O) groups excluding carboxylic acids is 1. The van der Waals surface area contributed by atoms with E-state index in [0.29, 0.717) is 6.42 Å². The van der Waals surface area contributed by atoms with Crippen LogP contribution in [0.2, 0.25) is 0 Å². The zero-order valence-corrected chi connectivity index (χ0v) is 13.3. The molecule has 4 unspecified atom stereocenters. The smallest absolute Gasteiger partial charge is 0.315 e. The number of amides is 1. The Hall–Kier alpha value is -1.88. The van der Waals surface area contributed by atoms with E-state index < -0.39 is 11.4 Å². The molecular formula is C18H23NO4. The van der Waals surface area contributed by atoms with Crippen molar-refractivity contribution in [1.82, 2.24) is 5.32 Å². The molecule has 3 rings (SSSR count). The fraction of sp³-hybridized carbons (Fsp3) is 0.556. The summed E-state index contributed by atoms with van der Waals surface area (Å²) in [4.78, 5) is 24.4. The van der Waals surface area contributed by atoms with Crippen LogP contribution in [0.4, 0.5) is 0 Å². The third-order valence-electron chi connectivity index (χ3n) is 5.35. The number of carbonyl (C=O) groups is 2. The number of hydrogen-bond donors (Lipinski definition) is 2. The SMILES string of the molecule is CCC(CNC(=O)C1CC2CCC1O2)(C(=O)O)c1ccccc1. The molecule has 1 amide bonds. The van der Waals surface area contributed by atoms with Crippen molar-refractivity contribution in [3.8, 4) is 0 Å². The van der Waals surface area contributed by atoms with Crippen molar-refractivity contribution in [1.29, 1.82) is 0 Å². The van der Waals surface area contributed by atoms with Crippen LogP contribution in [-0.4, -0.2) is 35.7 Å². The standard InChI is InChI=1S/C18H23NO4/c1-2-18(17(21)22,12-6-4-3-5-7-12)11-19-16(20)14-10-13-8-9-15(14)23-13/h3-7,13-15H,2,8-11H2,1H3,(H,19,20)(H,21,22). The van der Waals surface area contributed by atoms with Gasteiger partial charge in [-0.25, -0.2) is 0 Å². The molecule has 23 heavy (non-hydrogen) atoms. The molecule has 2 aliphatic heterocycles. The minimum Gasteiger partial charge on any atom is -0.481 e. The van der Waals surface area contributed by atoms with Crippen LogP contribution in [-0.2, 0) is 19.7 Å². The number of fused-ring (bicyclic) bond motifs is 2. The van der Waals surface area contributed by atoms with Gasteiger partial charge in [0.2, 0.25) is 5.91 Å². The average Bonchev–Trinajstić information content (AvgIpc) is 3.19. The molecule has 124 valence electrons. The highest BCUT2D eigenvalue weighted by atomic mass is 16.5. The number of rotatable bonds is 6. The lowest BCUT2D eigenvalue weighted by atomic mass is 9.77. The number of carboxylic acids is 1. The molecule has 4 atom stereocenters. The summed E-state index contributed by atoms with van der Waals surface area (Å²) in [6.07, 6.45) is 3.36. The maximum Gasteiger partial charge on any atom is 0.315 e. The average molecular weight is 317 g/mol. The number of ether oxygens (including phenoxy) is 1. The molecule has 2 N–H and O–H groups in total. The number of aliphatic carboxylic acids is 1. The molecule has 0 spiro atoms. The molecule has 0 radical (unpaired) electrons. The van der Waals surface area contributed by atoms with E-state index in [1.165, 1.54) is 0 Å². The molecule has 2 saturated heterocycles. The molecule has 0 saturated carbocycles. The summed E-state index contributed by atoms with van der Waals surface area (Å²) in [7, 11) is 0. The molecule has 0 aliphatic carbocycles. The quantitative estimate of drug-likeness (QED) is 0.842. The van der Waals surface area contributed by atoms with Gasteiger partial charge >= 0.3 is 5.97 Å². The monoisotopic (exact) mass is 317 g/mol. The zero-order chi connectivity index (χ0) is 16.4. The topological polar surface area (TPSA) is 75.6 Å². The fourth-order valence-electron chi connectivity index (χ4n) is 3.82. The first-order valence-corrected chi connectivity index (χ1v) is 8.29. The summed E-state index contributed by atoms with van der Waals surface area (Å²) >= 11 is 0. The van der Waals surface area contributed by atoms with Gasteiger partial charge in [-0.15, -0.1) is 0 Å². The van der Waals surface area contributed by atoms with Crippen molar-refractivity contribution in [2.75, 3.05) is 6.54 Å². The van der Waals surface area contributed by atoms with Gasteiger partial charge < -0.3 is 15.2 Å². The van der Waals surface area contributed by atoms with Gasteiger partial charge in [0, 0.05) is 6.54 Å². The largest absolute Gasteiger partial charge is 0.481 e. The van der Waals surface area contributed by atoms with E-state index in [0.717, 1.165) is 24.8 Å². The summed E-state index contributed by atoms with van der Waals surface area (Å²) < 4.78 is 5.72. The van der Waals surface area contributed by atoms with Crippen LogP contribution in [0, 0.1) is 5.92 Å².